The van der Waals surface area contributed by atoms with Crippen LogP contribution in [0.15, 0.2) is 84.9 Å². The molecule has 4 N–H and O–H groups in total. The number of anilines is 2. The Bertz CT molecular complexity index is 1490. The minimum atomic E-state index is 0.0609. The quantitative estimate of drug-likeness (QED) is 0.0931. The fourth-order valence-corrected chi connectivity index (χ4v) is 9.11. The lowest BCUT2D eigenvalue weighted by molar-refractivity contribution is 0.250. The number of nitrogen functional groups attached to an aromatic ring is 2. The molecule has 2 atom stereocenters. The van der Waals surface area contributed by atoms with Crippen molar-refractivity contribution in [2.24, 2.45) is 5.92 Å². The largest absolute Gasteiger partial charge is 0.399 e. The molecule has 0 aromatic heterocycles. The van der Waals surface area contributed by atoms with Crippen molar-refractivity contribution in [1.82, 2.24) is 0 Å². The molecule has 0 bridgehead atoms. The Labute approximate surface area is 299 Å². The number of nitrogens with two attached hydrogens (primary N) is 2. The van der Waals surface area contributed by atoms with Crippen molar-refractivity contribution in [2.45, 2.75) is 142 Å². The smallest absolute Gasteiger partial charge is 0.0316 e. The van der Waals surface area contributed by atoms with Crippen LogP contribution < -0.4 is 11.5 Å². The topological polar surface area (TPSA) is 52.0 Å². The number of rotatable bonds is 16. The lowest BCUT2D eigenvalue weighted by Crippen LogP contribution is -2.33. The fourth-order valence-electron chi connectivity index (χ4n) is 9.11. The first-order chi connectivity index (χ1) is 23.8. The summed E-state index contributed by atoms with van der Waals surface area (Å²) >= 11 is 0. The van der Waals surface area contributed by atoms with Crippen molar-refractivity contribution in [3.63, 3.8) is 0 Å². The molecule has 2 unspecified atom stereocenters. The molecule has 1 aliphatic rings. The van der Waals surface area contributed by atoms with Crippen molar-refractivity contribution in [1.29, 1.82) is 0 Å². The van der Waals surface area contributed by atoms with Gasteiger partial charge in [-0.05, 0) is 127 Å². The van der Waals surface area contributed by atoms with Crippen LogP contribution in [0.25, 0.3) is 0 Å². The number of aryl methyl sites for hydroxylation is 2. The molecule has 5 rings (SSSR count). The van der Waals surface area contributed by atoms with Gasteiger partial charge in [0.25, 0.3) is 0 Å². The Balaban J connectivity index is 1.39. The molecule has 0 amide bonds. The van der Waals surface area contributed by atoms with Gasteiger partial charge in [0.1, 0.15) is 0 Å². The first kappa shape index (κ1) is 36.8. The number of hydrogen-bond donors (Lipinski definition) is 2. The first-order valence-corrected chi connectivity index (χ1v) is 19.7. The van der Waals surface area contributed by atoms with E-state index in [2.05, 4.69) is 120 Å². The molecule has 1 aliphatic carbocycles. The maximum Gasteiger partial charge on any atom is 0.0316 e. The molecule has 49 heavy (non-hydrogen) atoms. The van der Waals surface area contributed by atoms with E-state index in [4.69, 9.17) is 11.5 Å². The summed E-state index contributed by atoms with van der Waals surface area (Å²) < 4.78 is 0. The Kier molecular flexibility index (Phi) is 13.1. The van der Waals surface area contributed by atoms with Gasteiger partial charge in [-0.3, -0.25) is 0 Å². The number of hydrogen-bond acceptors (Lipinski definition) is 2. The standard InChI is InChI=1S/C47H64N2/c1-6-9-10-11-12-13-14-15-36-28-30-47(31-29-36,39-20-16-37(17-21-39)43(7-2)45-26-24-41(48)32-34(45)4)40-22-18-38(19-23-40)44(8-3)46-27-25-42(49)33-35(46)5/h16-27,32-33,36,43-44H,6-15,28-31,48-49H2,1-5H3. The van der Waals surface area contributed by atoms with Gasteiger partial charge in [0.2, 0.25) is 0 Å². The summed E-state index contributed by atoms with van der Waals surface area (Å²) in [6.07, 6.45) is 18.4. The third-order valence-corrected chi connectivity index (χ3v) is 12.1. The fraction of sp³-hybridized carbons (Fsp3) is 0.489. The normalized spacial score (nSPS) is 19.1. The molecular formula is C47H64N2. The van der Waals surface area contributed by atoms with Crippen molar-refractivity contribution < 1.29 is 0 Å². The maximum absolute atomic E-state index is 6.12. The SMILES string of the molecule is CCCCCCCCCC1CCC(c2ccc(C(CC)c3ccc(N)cc3C)cc2)(c2ccc(C(CC)c3ccc(N)cc3C)cc2)CC1. The highest BCUT2D eigenvalue weighted by atomic mass is 14.5. The van der Waals surface area contributed by atoms with Gasteiger partial charge in [0.15, 0.2) is 0 Å². The molecule has 0 saturated heterocycles. The molecule has 0 radical (unpaired) electrons. The van der Waals surface area contributed by atoms with Gasteiger partial charge >= 0.3 is 0 Å². The van der Waals surface area contributed by atoms with Gasteiger partial charge in [-0.2, -0.15) is 0 Å². The molecule has 262 valence electrons. The third-order valence-electron chi connectivity index (χ3n) is 12.1. The van der Waals surface area contributed by atoms with Crippen LogP contribution in [0.4, 0.5) is 11.4 Å². The Morgan fingerprint density at radius 3 is 1.41 bits per heavy atom. The van der Waals surface area contributed by atoms with Gasteiger partial charge in [0, 0.05) is 28.6 Å². The van der Waals surface area contributed by atoms with Crippen molar-refractivity contribution >= 4 is 11.4 Å². The van der Waals surface area contributed by atoms with Crippen LogP contribution in [0, 0.1) is 19.8 Å². The van der Waals surface area contributed by atoms with Crippen LogP contribution in [-0.2, 0) is 5.41 Å². The lowest BCUT2D eigenvalue weighted by atomic mass is 9.62. The zero-order valence-corrected chi connectivity index (χ0v) is 31.4. The second kappa shape index (κ2) is 17.4. The van der Waals surface area contributed by atoms with Crippen molar-refractivity contribution in [2.75, 3.05) is 11.5 Å². The summed E-state index contributed by atoms with van der Waals surface area (Å²) in [5.41, 5.74) is 25.1. The Morgan fingerprint density at radius 2 is 1.00 bits per heavy atom. The van der Waals surface area contributed by atoms with Crippen LogP contribution >= 0.6 is 0 Å². The van der Waals surface area contributed by atoms with E-state index in [-0.39, 0.29) is 5.41 Å². The number of benzene rings is 4. The van der Waals surface area contributed by atoms with E-state index in [9.17, 15) is 0 Å². The average Bonchev–Trinajstić information content (AvgIpc) is 3.11. The molecule has 1 saturated carbocycles. The van der Waals surface area contributed by atoms with E-state index in [1.54, 1.807) is 0 Å². The summed E-state index contributed by atoms with van der Waals surface area (Å²) in [5.74, 6) is 1.62. The highest BCUT2D eigenvalue weighted by Crippen LogP contribution is 2.48. The summed E-state index contributed by atoms with van der Waals surface area (Å²) in [6, 6.07) is 32.4. The third kappa shape index (κ3) is 8.80. The van der Waals surface area contributed by atoms with E-state index < -0.39 is 0 Å². The first-order valence-electron chi connectivity index (χ1n) is 19.7. The highest BCUT2D eigenvalue weighted by molar-refractivity contribution is 5.50. The van der Waals surface area contributed by atoms with Gasteiger partial charge < -0.3 is 11.5 Å². The van der Waals surface area contributed by atoms with Gasteiger partial charge in [-0.1, -0.05) is 133 Å². The second-order valence-corrected chi connectivity index (χ2v) is 15.3. The molecule has 1 fully saturated rings. The minimum Gasteiger partial charge on any atom is -0.399 e. The van der Waals surface area contributed by atoms with E-state index in [1.807, 2.05) is 0 Å². The van der Waals surface area contributed by atoms with Crippen LogP contribution in [0.3, 0.4) is 0 Å². The van der Waals surface area contributed by atoms with Crippen molar-refractivity contribution in [3.05, 3.63) is 129 Å². The molecule has 4 aromatic rings. The zero-order chi connectivity index (χ0) is 34.8. The van der Waals surface area contributed by atoms with Gasteiger partial charge in [-0.15, -0.1) is 0 Å². The van der Waals surface area contributed by atoms with E-state index in [0.717, 1.165) is 30.1 Å². The average molecular weight is 657 g/mol. The molecule has 2 nitrogen and oxygen atoms in total. The summed E-state index contributed by atoms with van der Waals surface area (Å²) in [4.78, 5) is 0. The predicted octanol–water partition coefficient (Wildman–Crippen LogP) is 13.2. The molecule has 2 heteroatoms. The van der Waals surface area contributed by atoms with Crippen molar-refractivity contribution in [3.8, 4) is 0 Å². The molecular weight excluding hydrogens is 593 g/mol. The number of unbranched alkanes of at least 4 members (excludes halogenated alkanes) is 6. The molecule has 0 heterocycles. The van der Waals surface area contributed by atoms with E-state index >= 15 is 0 Å². The van der Waals surface area contributed by atoms with Crippen LogP contribution in [0.1, 0.15) is 167 Å². The Morgan fingerprint density at radius 1 is 0.571 bits per heavy atom. The van der Waals surface area contributed by atoms with Gasteiger partial charge in [-0.25, -0.2) is 0 Å². The minimum absolute atomic E-state index is 0.0609. The maximum atomic E-state index is 6.12. The van der Waals surface area contributed by atoms with E-state index in [0.29, 0.717) is 11.8 Å². The zero-order valence-electron chi connectivity index (χ0n) is 31.4. The summed E-state index contributed by atoms with van der Waals surface area (Å²) in [6.45, 7) is 11.3. The summed E-state index contributed by atoms with van der Waals surface area (Å²) in [7, 11) is 0. The van der Waals surface area contributed by atoms with Gasteiger partial charge in [0.05, 0.1) is 0 Å². The molecule has 4 aromatic carbocycles. The van der Waals surface area contributed by atoms with Crippen LogP contribution in [0.5, 0.6) is 0 Å². The molecule has 0 aliphatic heterocycles. The predicted molar refractivity (Wildman–Crippen MR) is 214 cm³/mol. The van der Waals surface area contributed by atoms with Crippen LogP contribution in [-0.4, -0.2) is 0 Å². The molecule has 0 spiro atoms. The second-order valence-electron chi connectivity index (χ2n) is 15.3. The van der Waals surface area contributed by atoms with Crippen LogP contribution in [0.2, 0.25) is 0 Å². The Hall–Kier alpha value is -3.52. The lowest BCUT2D eigenvalue weighted by Gasteiger charge is -2.42. The highest BCUT2D eigenvalue weighted by Gasteiger charge is 2.38. The van der Waals surface area contributed by atoms with E-state index in [1.165, 1.54) is 122 Å². The summed E-state index contributed by atoms with van der Waals surface area (Å²) in [5, 5.41) is 0. The monoisotopic (exact) mass is 657 g/mol.